The first kappa shape index (κ1) is 13.6. The molecular weight excluding hydrogens is 279 g/mol. The number of hydrogen-bond donors (Lipinski definition) is 1. The predicted molar refractivity (Wildman–Crippen MR) is 65.8 cm³/mol. The molecule has 0 radical (unpaired) electrons. The van der Waals surface area contributed by atoms with Gasteiger partial charge in [-0.1, -0.05) is 17.7 Å². The fourth-order valence-corrected chi connectivity index (χ4v) is 1.64. The van der Waals surface area contributed by atoms with Gasteiger partial charge in [-0.05, 0) is 17.7 Å². The number of hydrogen-bond acceptors (Lipinski definition) is 3. The smallest absolute Gasteiger partial charge is 0.365 e. The van der Waals surface area contributed by atoms with Crippen LogP contribution in [0.3, 0.4) is 0 Å². The maximum atomic E-state index is 12.4. The van der Waals surface area contributed by atoms with Crippen LogP contribution in [0.5, 0.6) is 0 Å². The minimum Gasteiger partial charge on any atom is -0.365 e. The average molecular weight is 288 g/mol. The van der Waals surface area contributed by atoms with Gasteiger partial charge in [-0.25, -0.2) is 4.98 Å². The van der Waals surface area contributed by atoms with Gasteiger partial charge in [0.15, 0.2) is 0 Å². The van der Waals surface area contributed by atoms with Crippen LogP contribution >= 0.6 is 11.6 Å². The number of anilines is 1. The van der Waals surface area contributed by atoms with Crippen LogP contribution in [-0.2, 0) is 12.7 Å². The van der Waals surface area contributed by atoms with Gasteiger partial charge in [-0.15, -0.1) is 0 Å². The molecule has 1 N–H and O–H groups in total. The van der Waals surface area contributed by atoms with Gasteiger partial charge in [0.05, 0.1) is 10.6 Å². The summed E-state index contributed by atoms with van der Waals surface area (Å²) in [5, 5.41) is 2.79. The second-order valence-electron chi connectivity index (χ2n) is 3.77. The van der Waals surface area contributed by atoms with E-state index in [1.165, 1.54) is 0 Å². The minimum atomic E-state index is -4.45. The molecule has 0 unspecified atom stereocenters. The number of nitrogens with zero attached hydrogens (tertiary/aromatic N) is 2. The molecule has 2 aromatic rings. The summed E-state index contributed by atoms with van der Waals surface area (Å²) in [6.45, 7) is 0.381. The van der Waals surface area contributed by atoms with E-state index in [1.54, 1.807) is 18.5 Å². The quantitative estimate of drug-likeness (QED) is 0.934. The summed E-state index contributed by atoms with van der Waals surface area (Å²) in [7, 11) is 0. The molecule has 0 atom stereocenters. The highest BCUT2D eigenvalue weighted by atomic mass is 35.5. The van der Waals surface area contributed by atoms with Crippen molar-refractivity contribution in [3.05, 3.63) is 52.9 Å². The molecule has 0 fully saturated rings. The van der Waals surface area contributed by atoms with Gasteiger partial charge < -0.3 is 5.32 Å². The lowest BCUT2D eigenvalue weighted by atomic mass is 10.2. The van der Waals surface area contributed by atoms with Crippen molar-refractivity contribution in [2.24, 2.45) is 0 Å². The third kappa shape index (κ3) is 3.57. The van der Waals surface area contributed by atoms with E-state index in [0.29, 0.717) is 6.54 Å². The first-order chi connectivity index (χ1) is 8.97. The highest BCUT2D eigenvalue weighted by molar-refractivity contribution is 6.32. The standard InChI is InChI=1S/C12H9ClF3N3/c13-10-4-9(12(14,15)16)7-19-11(10)18-6-8-2-1-3-17-5-8/h1-5,7H,6H2,(H,18,19). The molecule has 7 heteroatoms. The third-order valence-electron chi connectivity index (χ3n) is 2.35. The van der Waals surface area contributed by atoms with Gasteiger partial charge in [0, 0.05) is 25.1 Å². The minimum absolute atomic E-state index is 0.0706. The van der Waals surface area contributed by atoms with E-state index in [0.717, 1.165) is 17.8 Å². The third-order valence-corrected chi connectivity index (χ3v) is 2.64. The number of rotatable bonds is 3. The highest BCUT2D eigenvalue weighted by Gasteiger charge is 2.31. The van der Waals surface area contributed by atoms with Crippen LogP contribution in [0.25, 0.3) is 0 Å². The number of nitrogens with one attached hydrogen (secondary N) is 1. The van der Waals surface area contributed by atoms with Crippen molar-refractivity contribution < 1.29 is 13.2 Å². The predicted octanol–water partition coefficient (Wildman–Crippen LogP) is 3.76. The lowest BCUT2D eigenvalue weighted by molar-refractivity contribution is -0.137. The van der Waals surface area contributed by atoms with E-state index < -0.39 is 11.7 Å². The Morgan fingerprint density at radius 2 is 2.05 bits per heavy atom. The summed E-state index contributed by atoms with van der Waals surface area (Å²) < 4.78 is 37.3. The molecule has 0 spiro atoms. The molecule has 2 heterocycles. The van der Waals surface area contributed by atoms with Crippen LogP contribution in [0.15, 0.2) is 36.8 Å². The van der Waals surface area contributed by atoms with E-state index >= 15 is 0 Å². The molecule has 0 aromatic carbocycles. The van der Waals surface area contributed by atoms with Crippen molar-refractivity contribution in [3.63, 3.8) is 0 Å². The van der Waals surface area contributed by atoms with Crippen LogP contribution in [0.2, 0.25) is 5.02 Å². The monoisotopic (exact) mass is 287 g/mol. The van der Waals surface area contributed by atoms with E-state index in [4.69, 9.17) is 11.6 Å². The summed E-state index contributed by atoms with van der Waals surface area (Å²) in [4.78, 5) is 7.60. The maximum absolute atomic E-state index is 12.4. The summed E-state index contributed by atoms with van der Waals surface area (Å²) in [5.41, 5.74) is 0.00434. The molecular formula is C12H9ClF3N3. The Bertz CT molecular complexity index is 558. The van der Waals surface area contributed by atoms with Crippen molar-refractivity contribution >= 4 is 17.4 Å². The molecule has 19 heavy (non-hydrogen) atoms. The molecule has 0 amide bonds. The van der Waals surface area contributed by atoms with E-state index in [2.05, 4.69) is 15.3 Å². The lowest BCUT2D eigenvalue weighted by Gasteiger charge is -2.10. The zero-order valence-corrected chi connectivity index (χ0v) is 10.3. The van der Waals surface area contributed by atoms with Crippen LogP contribution in [0.1, 0.15) is 11.1 Å². The van der Waals surface area contributed by atoms with Crippen molar-refractivity contribution in [2.75, 3.05) is 5.32 Å². The molecule has 2 aromatic heterocycles. The van der Waals surface area contributed by atoms with E-state index in [9.17, 15) is 13.2 Å². The lowest BCUT2D eigenvalue weighted by Crippen LogP contribution is -2.08. The van der Waals surface area contributed by atoms with E-state index in [-0.39, 0.29) is 10.8 Å². The SMILES string of the molecule is FC(F)(F)c1cnc(NCc2cccnc2)c(Cl)c1. The summed E-state index contributed by atoms with van der Waals surface area (Å²) >= 11 is 5.76. The van der Waals surface area contributed by atoms with Crippen molar-refractivity contribution in [1.29, 1.82) is 0 Å². The second kappa shape index (κ2) is 5.44. The summed E-state index contributed by atoms with van der Waals surface area (Å²) in [6, 6.07) is 4.44. The highest BCUT2D eigenvalue weighted by Crippen LogP contribution is 2.32. The summed E-state index contributed by atoms with van der Waals surface area (Å²) in [6.07, 6.45) is -0.423. The van der Waals surface area contributed by atoms with Crippen LogP contribution in [0.4, 0.5) is 19.0 Å². The Balaban J connectivity index is 2.10. The molecule has 100 valence electrons. The zero-order chi connectivity index (χ0) is 13.9. The van der Waals surface area contributed by atoms with Crippen molar-refractivity contribution in [3.8, 4) is 0 Å². The largest absolute Gasteiger partial charge is 0.417 e. The molecule has 0 bridgehead atoms. The van der Waals surface area contributed by atoms with Gasteiger partial charge >= 0.3 is 6.18 Å². The first-order valence-corrected chi connectivity index (χ1v) is 5.70. The molecule has 0 saturated carbocycles. The molecule has 2 rings (SSSR count). The van der Waals surface area contributed by atoms with Gasteiger partial charge in [-0.3, -0.25) is 4.98 Å². The maximum Gasteiger partial charge on any atom is 0.417 e. The first-order valence-electron chi connectivity index (χ1n) is 5.32. The van der Waals surface area contributed by atoms with Gasteiger partial charge in [0.1, 0.15) is 5.82 Å². The summed E-state index contributed by atoms with van der Waals surface area (Å²) in [5.74, 6) is 0.207. The Hall–Kier alpha value is -1.82. The van der Waals surface area contributed by atoms with Crippen LogP contribution in [-0.4, -0.2) is 9.97 Å². The topological polar surface area (TPSA) is 37.8 Å². The Labute approximate surface area is 112 Å². The number of halogens is 4. The van der Waals surface area contributed by atoms with Crippen LogP contribution in [0, 0.1) is 0 Å². The Morgan fingerprint density at radius 1 is 1.26 bits per heavy atom. The van der Waals surface area contributed by atoms with E-state index in [1.807, 2.05) is 6.07 Å². The second-order valence-corrected chi connectivity index (χ2v) is 4.17. The number of aromatic nitrogens is 2. The molecule has 0 aliphatic heterocycles. The molecule has 3 nitrogen and oxygen atoms in total. The Morgan fingerprint density at radius 3 is 2.63 bits per heavy atom. The van der Waals surface area contributed by atoms with Gasteiger partial charge in [0.25, 0.3) is 0 Å². The van der Waals surface area contributed by atoms with Gasteiger partial charge in [0.2, 0.25) is 0 Å². The molecule has 0 aliphatic carbocycles. The Kier molecular flexibility index (Phi) is 3.90. The fourth-order valence-electron chi connectivity index (χ4n) is 1.41. The molecule has 0 saturated heterocycles. The zero-order valence-electron chi connectivity index (χ0n) is 9.58. The molecule has 0 aliphatic rings. The van der Waals surface area contributed by atoms with Crippen molar-refractivity contribution in [2.45, 2.75) is 12.7 Å². The fraction of sp³-hybridized carbons (Fsp3) is 0.167. The normalized spacial score (nSPS) is 11.4. The van der Waals surface area contributed by atoms with Crippen molar-refractivity contribution in [1.82, 2.24) is 9.97 Å². The van der Waals surface area contributed by atoms with Crippen LogP contribution < -0.4 is 5.32 Å². The van der Waals surface area contributed by atoms with Gasteiger partial charge in [-0.2, -0.15) is 13.2 Å². The average Bonchev–Trinajstić information content (AvgIpc) is 2.37. The number of pyridine rings is 2. The number of alkyl halides is 3.